The Labute approximate surface area is 221 Å². The highest BCUT2D eigenvalue weighted by Crippen LogP contribution is 2.46. The maximum absolute atomic E-state index is 6.72. The fourth-order valence-electron chi connectivity index (χ4n) is 4.96. The molecule has 1 atom stereocenters. The monoisotopic (exact) mass is 531 g/mol. The number of pyridine rings is 1. The minimum absolute atomic E-state index is 0.195. The van der Waals surface area contributed by atoms with Gasteiger partial charge in [0, 0.05) is 36.4 Å². The van der Waals surface area contributed by atoms with Crippen molar-refractivity contribution >= 4 is 45.9 Å². The van der Waals surface area contributed by atoms with Gasteiger partial charge in [-0.15, -0.1) is 0 Å². The largest absolute Gasteiger partial charge is 0.495 e. The van der Waals surface area contributed by atoms with Crippen molar-refractivity contribution in [1.82, 2.24) is 15.0 Å². The molecule has 0 radical (unpaired) electrons. The van der Waals surface area contributed by atoms with Gasteiger partial charge in [0.25, 0.3) is 0 Å². The third-order valence-electron chi connectivity index (χ3n) is 6.92. The molecule has 1 aliphatic carbocycles. The van der Waals surface area contributed by atoms with E-state index >= 15 is 0 Å². The van der Waals surface area contributed by atoms with Crippen LogP contribution in [-0.2, 0) is 4.74 Å². The molecule has 8 nitrogen and oxygen atoms in total. The standard InChI is InChI=1S/C26H31Cl2N5O3/c1-34-19-11-20(35-2)23(28)21(22(19)27)18-10-16-13-30-26(31-17-8-5-9-36-14-17)33-24(16)25(32-18)29-12-15-6-3-4-7-15/h10-11,13,15,17H,3-9,12,14H2,1-2H3,(H,29,32)(H,30,31,33)/t17-/m0/s1. The van der Waals surface area contributed by atoms with Gasteiger partial charge in [-0.05, 0) is 37.7 Å². The van der Waals surface area contributed by atoms with Gasteiger partial charge in [-0.3, -0.25) is 0 Å². The number of fused-ring (bicyclic) bond motifs is 1. The molecule has 0 unspecified atom stereocenters. The van der Waals surface area contributed by atoms with E-state index in [4.69, 9.17) is 47.4 Å². The van der Waals surface area contributed by atoms with E-state index in [9.17, 15) is 0 Å². The van der Waals surface area contributed by atoms with E-state index in [0.29, 0.717) is 57.1 Å². The number of nitrogens with zero attached hydrogens (tertiary/aromatic N) is 3. The van der Waals surface area contributed by atoms with Crippen molar-refractivity contribution in [2.45, 2.75) is 44.6 Å². The highest BCUT2D eigenvalue weighted by molar-refractivity contribution is 6.41. The number of nitrogens with one attached hydrogen (secondary N) is 2. The van der Waals surface area contributed by atoms with E-state index in [2.05, 4.69) is 15.6 Å². The highest BCUT2D eigenvalue weighted by Gasteiger charge is 2.23. The third kappa shape index (κ3) is 5.26. The molecular weight excluding hydrogens is 501 g/mol. The quantitative estimate of drug-likeness (QED) is 0.354. The molecule has 0 spiro atoms. The van der Waals surface area contributed by atoms with Crippen molar-refractivity contribution in [3.05, 3.63) is 28.4 Å². The summed E-state index contributed by atoms with van der Waals surface area (Å²) in [6.45, 7) is 2.29. The molecule has 1 aliphatic heterocycles. The molecule has 1 saturated heterocycles. The van der Waals surface area contributed by atoms with E-state index in [0.717, 1.165) is 36.9 Å². The molecule has 192 valence electrons. The average Bonchev–Trinajstić information content (AvgIpc) is 3.42. The Morgan fingerprint density at radius 1 is 1.00 bits per heavy atom. The number of hydrogen-bond acceptors (Lipinski definition) is 8. The fourth-order valence-corrected chi connectivity index (χ4v) is 5.66. The van der Waals surface area contributed by atoms with Crippen LogP contribution in [0.4, 0.5) is 11.8 Å². The second kappa shape index (κ2) is 11.2. The van der Waals surface area contributed by atoms with Crippen molar-refractivity contribution < 1.29 is 14.2 Å². The smallest absolute Gasteiger partial charge is 0.223 e. The summed E-state index contributed by atoms with van der Waals surface area (Å²) in [6.07, 6.45) is 8.84. The van der Waals surface area contributed by atoms with E-state index < -0.39 is 0 Å². The lowest BCUT2D eigenvalue weighted by molar-refractivity contribution is 0.0874. The summed E-state index contributed by atoms with van der Waals surface area (Å²) >= 11 is 13.4. The van der Waals surface area contributed by atoms with Crippen LogP contribution in [0.2, 0.25) is 10.0 Å². The third-order valence-corrected chi connectivity index (χ3v) is 7.67. The summed E-state index contributed by atoms with van der Waals surface area (Å²) < 4.78 is 16.5. The first-order valence-corrected chi connectivity index (χ1v) is 13.2. The molecule has 0 bridgehead atoms. The summed E-state index contributed by atoms with van der Waals surface area (Å²) in [6, 6.07) is 3.76. The van der Waals surface area contributed by atoms with Gasteiger partial charge in [0.2, 0.25) is 5.95 Å². The van der Waals surface area contributed by atoms with Crippen molar-refractivity contribution in [3.8, 4) is 22.8 Å². The molecule has 0 amide bonds. The molecule has 2 N–H and O–H groups in total. The number of hydrogen-bond donors (Lipinski definition) is 2. The second-order valence-corrected chi connectivity index (χ2v) is 10.1. The van der Waals surface area contributed by atoms with Crippen LogP contribution in [0.15, 0.2) is 18.3 Å². The number of ether oxygens (including phenoxy) is 3. The second-order valence-electron chi connectivity index (χ2n) is 9.36. The van der Waals surface area contributed by atoms with Gasteiger partial charge in [-0.25, -0.2) is 15.0 Å². The van der Waals surface area contributed by atoms with Gasteiger partial charge in [0.05, 0.1) is 42.6 Å². The fraction of sp³-hybridized carbons (Fsp3) is 0.500. The Balaban J connectivity index is 1.58. The van der Waals surface area contributed by atoms with E-state index in [1.165, 1.54) is 25.7 Å². The molecule has 3 aromatic rings. The van der Waals surface area contributed by atoms with Crippen molar-refractivity contribution in [2.75, 3.05) is 44.6 Å². The number of methoxy groups -OCH3 is 2. The molecule has 5 rings (SSSR count). The first kappa shape index (κ1) is 25.1. The maximum Gasteiger partial charge on any atom is 0.223 e. The lowest BCUT2D eigenvalue weighted by Crippen LogP contribution is -2.30. The van der Waals surface area contributed by atoms with Crippen molar-refractivity contribution in [2.24, 2.45) is 5.92 Å². The summed E-state index contributed by atoms with van der Waals surface area (Å²) in [5.41, 5.74) is 1.88. The van der Waals surface area contributed by atoms with Crippen LogP contribution >= 0.6 is 23.2 Å². The predicted molar refractivity (Wildman–Crippen MR) is 144 cm³/mol. The summed E-state index contributed by atoms with van der Waals surface area (Å²) in [7, 11) is 3.11. The minimum Gasteiger partial charge on any atom is -0.495 e. The van der Waals surface area contributed by atoms with Crippen molar-refractivity contribution in [1.29, 1.82) is 0 Å². The van der Waals surface area contributed by atoms with Gasteiger partial charge >= 0.3 is 0 Å². The molecule has 36 heavy (non-hydrogen) atoms. The Kier molecular flexibility index (Phi) is 7.84. The van der Waals surface area contributed by atoms with Crippen molar-refractivity contribution in [3.63, 3.8) is 0 Å². The molecule has 3 heterocycles. The van der Waals surface area contributed by atoms with Crippen LogP contribution in [0.25, 0.3) is 22.2 Å². The van der Waals surface area contributed by atoms with Crippen LogP contribution in [0.5, 0.6) is 11.5 Å². The lowest BCUT2D eigenvalue weighted by Gasteiger charge is -2.23. The zero-order chi connectivity index (χ0) is 25.1. The van der Waals surface area contributed by atoms with Gasteiger partial charge in [0.15, 0.2) is 5.82 Å². The topological polar surface area (TPSA) is 90.4 Å². The van der Waals surface area contributed by atoms with Crippen LogP contribution in [0.1, 0.15) is 38.5 Å². The lowest BCUT2D eigenvalue weighted by atomic mass is 10.1. The molecule has 1 saturated carbocycles. The molecule has 2 aliphatic rings. The van der Waals surface area contributed by atoms with Gasteiger partial charge in [0.1, 0.15) is 17.0 Å². The molecule has 10 heteroatoms. The van der Waals surface area contributed by atoms with Crippen LogP contribution < -0.4 is 20.1 Å². The van der Waals surface area contributed by atoms with Crippen LogP contribution in [0, 0.1) is 5.92 Å². The molecule has 1 aromatic carbocycles. The number of anilines is 2. The highest BCUT2D eigenvalue weighted by atomic mass is 35.5. The maximum atomic E-state index is 6.72. The Bertz CT molecular complexity index is 1200. The summed E-state index contributed by atoms with van der Waals surface area (Å²) in [5, 5.41) is 8.54. The Hall–Kier alpha value is -2.55. The van der Waals surface area contributed by atoms with Gasteiger partial charge in [-0.1, -0.05) is 36.0 Å². The van der Waals surface area contributed by atoms with E-state index in [-0.39, 0.29) is 6.04 Å². The molecule has 2 aromatic heterocycles. The summed E-state index contributed by atoms with van der Waals surface area (Å²) in [4.78, 5) is 14.4. The normalized spacial score (nSPS) is 18.4. The first-order valence-electron chi connectivity index (χ1n) is 12.4. The number of benzene rings is 1. The van der Waals surface area contributed by atoms with Gasteiger partial charge < -0.3 is 24.8 Å². The number of halogens is 2. The minimum atomic E-state index is 0.195. The van der Waals surface area contributed by atoms with E-state index in [1.54, 1.807) is 26.5 Å². The van der Waals surface area contributed by atoms with E-state index in [1.807, 2.05) is 6.07 Å². The average molecular weight is 532 g/mol. The van der Waals surface area contributed by atoms with Crippen LogP contribution in [0.3, 0.4) is 0 Å². The van der Waals surface area contributed by atoms with Gasteiger partial charge in [-0.2, -0.15) is 0 Å². The Morgan fingerprint density at radius 3 is 2.42 bits per heavy atom. The summed E-state index contributed by atoms with van der Waals surface area (Å²) in [5.74, 6) is 2.78. The van der Waals surface area contributed by atoms with Crippen LogP contribution in [-0.4, -0.2) is 55.0 Å². The number of rotatable bonds is 8. The zero-order valence-electron chi connectivity index (χ0n) is 20.6. The predicted octanol–water partition coefficient (Wildman–Crippen LogP) is 6.21. The first-order chi connectivity index (χ1) is 17.6. The SMILES string of the molecule is COc1cc(OC)c(Cl)c(-c2cc3cnc(N[C@H]4CCCOC4)nc3c(NCC3CCCC3)n2)c1Cl. The molecular formula is C26H31Cl2N5O3. The zero-order valence-corrected chi connectivity index (χ0v) is 22.1. The Morgan fingerprint density at radius 2 is 1.75 bits per heavy atom. The number of aromatic nitrogens is 3. The molecule has 2 fully saturated rings.